The molecule has 1 aromatic carbocycles. The number of aromatic amines is 1. The molecule has 0 saturated heterocycles. The van der Waals surface area contributed by atoms with E-state index in [9.17, 15) is 9.59 Å². The van der Waals surface area contributed by atoms with Crippen molar-refractivity contribution in [2.45, 2.75) is 6.92 Å². The molecule has 0 fully saturated rings. The number of aryl methyl sites for hydroxylation is 1. The molecule has 4 aromatic rings. The van der Waals surface area contributed by atoms with Crippen molar-refractivity contribution in [3.63, 3.8) is 0 Å². The molecule has 2 N–H and O–H groups in total. The normalized spacial score (nSPS) is 10.9. The second kappa shape index (κ2) is 7.82. The maximum Gasteiger partial charge on any atom is 0.258 e. The van der Waals surface area contributed by atoms with Crippen molar-refractivity contribution in [2.75, 3.05) is 5.32 Å². The van der Waals surface area contributed by atoms with Crippen LogP contribution in [0.3, 0.4) is 0 Å². The molecule has 7 nitrogen and oxygen atoms in total. The molecule has 0 atom stereocenters. The summed E-state index contributed by atoms with van der Waals surface area (Å²) in [5.74, 6) is 0.0415. The van der Waals surface area contributed by atoms with E-state index in [1.807, 2.05) is 17.5 Å². The van der Waals surface area contributed by atoms with Crippen LogP contribution in [-0.2, 0) is 0 Å². The maximum absolute atomic E-state index is 12.8. The van der Waals surface area contributed by atoms with Crippen molar-refractivity contribution in [1.82, 2.24) is 19.7 Å². The van der Waals surface area contributed by atoms with Gasteiger partial charge in [0, 0.05) is 22.8 Å². The first-order chi connectivity index (χ1) is 13.9. The summed E-state index contributed by atoms with van der Waals surface area (Å²) in [6, 6.07) is 11.5. The van der Waals surface area contributed by atoms with Gasteiger partial charge < -0.3 is 5.32 Å². The minimum atomic E-state index is -0.466. The van der Waals surface area contributed by atoms with Gasteiger partial charge in [-0.1, -0.05) is 29.3 Å². The summed E-state index contributed by atoms with van der Waals surface area (Å²) in [6.07, 6.45) is 0. The third-order valence-electron chi connectivity index (χ3n) is 3.96. The molecule has 0 radical (unpaired) electrons. The second-order valence-corrected chi connectivity index (χ2v) is 7.88. The van der Waals surface area contributed by atoms with Crippen molar-refractivity contribution in [1.29, 1.82) is 0 Å². The number of benzene rings is 1. The number of H-pyrrole nitrogens is 1. The van der Waals surface area contributed by atoms with Crippen LogP contribution in [0.2, 0.25) is 10.0 Å². The average Bonchev–Trinajstić information content (AvgIpc) is 3.32. The fourth-order valence-corrected chi connectivity index (χ4v) is 3.75. The van der Waals surface area contributed by atoms with Gasteiger partial charge in [-0.15, -0.1) is 11.3 Å². The largest absolute Gasteiger partial charge is 0.306 e. The highest BCUT2D eigenvalue weighted by Crippen LogP contribution is 2.28. The minimum absolute atomic E-state index is 0.185. The van der Waals surface area contributed by atoms with Crippen molar-refractivity contribution in [3.05, 3.63) is 79.5 Å². The number of amides is 1. The predicted octanol–water partition coefficient (Wildman–Crippen LogP) is 4.55. The topological polar surface area (TPSA) is 92.7 Å². The summed E-state index contributed by atoms with van der Waals surface area (Å²) in [5, 5.41) is 9.86. The minimum Gasteiger partial charge on any atom is -0.306 e. The molecule has 29 heavy (non-hydrogen) atoms. The standard InChI is InChI=1S/C19H13Cl2N5O2S/c1-10-7-17(27)24-19(22-10)26-16(9-14(25-26)15-3-2-6-29-15)23-18(28)12-8-11(20)4-5-13(12)21/h2-9H,1H3,(H,23,28)(H,22,24,27). The van der Waals surface area contributed by atoms with Crippen LogP contribution in [0, 0.1) is 6.92 Å². The zero-order valence-corrected chi connectivity index (χ0v) is 17.3. The number of anilines is 1. The van der Waals surface area contributed by atoms with Crippen LogP contribution in [-0.4, -0.2) is 25.7 Å². The third-order valence-corrected chi connectivity index (χ3v) is 5.41. The molecular formula is C19H13Cl2N5O2S. The molecule has 0 unspecified atom stereocenters. The summed E-state index contributed by atoms with van der Waals surface area (Å²) >= 11 is 13.6. The van der Waals surface area contributed by atoms with E-state index < -0.39 is 5.91 Å². The fourth-order valence-electron chi connectivity index (χ4n) is 2.70. The van der Waals surface area contributed by atoms with E-state index >= 15 is 0 Å². The Kier molecular flexibility index (Phi) is 5.23. The van der Waals surface area contributed by atoms with E-state index in [1.54, 1.807) is 25.1 Å². The summed E-state index contributed by atoms with van der Waals surface area (Å²) in [6.45, 7) is 1.70. The van der Waals surface area contributed by atoms with Gasteiger partial charge in [0.15, 0.2) is 0 Å². The van der Waals surface area contributed by atoms with Gasteiger partial charge in [0.1, 0.15) is 11.5 Å². The third kappa shape index (κ3) is 4.09. The summed E-state index contributed by atoms with van der Waals surface area (Å²) < 4.78 is 1.37. The molecule has 3 heterocycles. The highest BCUT2D eigenvalue weighted by molar-refractivity contribution is 7.13. The lowest BCUT2D eigenvalue weighted by Gasteiger charge is -2.09. The van der Waals surface area contributed by atoms with Crippen molar-refractivity contribution >= 4 is 46.3 Å². The van der Waals surface area contributed by atoms with E-state index in [0.717, 1.165) is 4.88 Å². The zero-order chi connectivity index (χ0) is 20.5. The van der Waals surface area contributed by atoms with E-state index in [2.05, 4.69) is 20.4 Å². The molecule has 0 spiro atoms. The number of rotatable bonds is 4. The van der Waals surface area contributed by atoms with Gasteiger partial charge in [-0.25, -0.2) is 4.98 Å². The molecule has 10 heteroatoms. The van der Waals surface area contributed by atoms with Crippen LogP contribution in [0.5, 0.6) is 0 Å². The van der Waals surface area contributed by atoms with Crippen molar-refractivity contribution in [2.24, 2.45) is 0 Å². The first kappa shape index (κ1) is 19.4. The summed E-state index contributed by atoms with van der Waals surface area (Å²) in [5.41, 5.74) is 1.04. The maximum atomic E-state index is 12.8. The van der Waals surface area contributed by atoms with E-state index in [0.29, 0.717) is 22.2 Å². The van der Waals surface area contributed by atoms with Crippen LogP contribution in [0.1, 0.15) is 16.1 Å². The summed E-state index contributed by atoms with van der Waals surface area (Å²) in [7, 11) is 0. The van der Waals surface area contributed by atoms with Crippen LogP contribution >= 0.6 is 34.5 Å². The summed E-state index contributed by atoms with van der Waals surface area (Å²) in [4.78, 5) is 32.6. The van der Waals surface area contributed by atoms with Gasteiger partial charge in [0.25, 0.3) is 11.5 Å². The Bertz CT molecular complexity index is 1260. The Hall–Kier alpha value is -2.94. The Balaban J connectivity index is 1.80. The molecule has 0 bridgehead atoms. The number of carbonyl (C=O) groups is 1. The van der Waals surface area contributed by atoms with Crippen molar-refractivity contribution in [3.8, 4) is 16.5 Å². The molecule has 3 aromatic heterocycles. The fraction of sp³-hybridized carbons (Fsp3) is 0.0526. The lowest BCUT2D eigenvalue weighted by Crippen LogP contribution is -2.19. The highest BCUT2D eigenvalue weighted by Gasteiger charge is 2.18. The Morgan fingerprint density at radius 2 is 2.03 bits per heavy atom. The van der Waals surface area contributed by atoms with Gasteiger partial charge in [-0.3, -0.25) is 14.6 Å². The molecule has 0 aliphatic carbocycles. The van der Waals surface area contributed by atoms with Gasteiger partial charge in [0.2, 0.25) is 5.95 Å². The average molecular weight is 446 g/mol. The zero-order valence-electron chi connectivity index (χ0n) is 14.9. The van der Waals surface area contributed by atoms with E-state index in [4.69, 9.17) is 23.2 Å². The first-order valence-corrected chi connectivity index (χ1v) is 10.0. The quantitative estimate of drug-likeness (QED) is 0.481. The molecule has 146 valence electrons. The van der Waals surface area contributed by atoms with Gasteiger partial charge in [-0.2, -0.15) is 9.78 Å². The molecular weight excluding hydrogens is 433 g/mol. The van der Waals surface area contributed by atoms with Crippen LogP contribution in [0.15, 0.2) is 52.6 Å². The van der Waals surface area contributed by atoms with Gasteiger partial charge >= 0.3 is 0 Å². The number of hydrogen-bond acceptors (Lipinski definition) is 5. The monoisotopic (exact) mass is 445 g/mol. The van der Waals surface area contributed by atoms with Gasteiger partial charge in [0.05, 0.1) is 15.5 Å². The molecule has 0 saturated carbocycles. The Morgan fingerprint density at radius 1 is 1.21 bits per heavy atom. The van der Waals surface area contributed by atoms with Gasteiger partial charge in [-0.05, 0) is 36.6 Å². The van der Waals surface area contributed by atoms with E-state index in [-0.39, 0.29) is 22.1 Å². The highest BCUT2D eigenvalue weighted by atomic mass is 35.5. The van der Waals surface area contributed by atoms with Crippen LogP contribution in [0.4, 0.5) is 5.82 Å². The molecule has 1 amide bonds. The molecule has 0 aliphatic rings. The Morgan fingerprint density at radius 3 is 2.76 bits per heavy atom. The second-order valence-electron chi connectivity index (χ2n) is 6.09. The lowest BCUT2D eigenvalue weighted by molar-refractivity contribution is 0.102. The number of halogens is 2. The number of aromatic nitrogens is 4. The Labute approximate surface area is 178 Å². The van der Waals surface area contributed by atoms with E-state index in [1.165, 1.54) is 28.2 Å². The van der Waals surface area contributed by atoms with Crippen LogP contribution in [0.25, 0.3) is 16.5 Å². The number of carbonyl (C=O) groups excluding carboxylic acids is 1. The van der Waals surface area contributed by atoms with Crippen molar-refractivity contribution < 1.29 is 4.79 Å². The number of nitrogens with one attached hydrogen (secondary N) is 2. The predicted molar refractivity (Wildman–Crippen MR) is 114 cm³/mol. The lowest BCUT2D eigenvalue weighted by atomic mass is 10.2. The smallest absolute Gasteiger partial charge is 0.258 e. The first-order valence-electron chi connectivity index (χ1n) is 8.39. The number of nitrogens with zero attached hydrogens (tertiary/aromatic N) is 3. The molecule has 4 rings (SSSR count). The number of thiophene rings is 1. The van der Waals surface area contributed by atoms with Crippen LogP contribution < -0.4 is 10.9 Å². The SMILES string of the molecule is Cc1cc(=O)[nH]c(-n2nc(-c3cccs3)cc2NC(=O)c2cc(Cl)ccc2Cl)n1. The molecule has 0 aliphatic heterocycles. The number of hydrogen-bond donors (Lipinski definition) is 2.